The molecular formula is C25H19F3N6O3. The van der Waals surface area contributed by atoms with E-state index in [-0.39, 0.29) is 18.1 Å². The number of anilines is 2. The van der Waals surface area contributed by atoms with Gasteiger partial charge < -0.3 is 5.32 Å². The maximum Gasteiger partial charge on any atom is 0.417 e. The van der Waals surface area contributed by atoms with Crippen molar-refractivity contribution in [2.24, 2.45) is 0 Å². The zero-order valence-corrected chi connectivity index (χ0v) is 19.6. The number of aromatic nitrogens is 2. The number of alkyl halides is 3. The fourth-order valence-corrected chi connectivity index (χ4v) is 3.90. The molecule has 3 aromatic rings. The maximum atomic E-state index is 13.5. The van der Waals surface area contributed by atoms with Crippen LogP contribution in [0.25, 0.3) is 0 Å². The molecule has 2 heterocycles. The van der Waals surface area contributed by atoms with Crippen LogP contribution >= 0.6 is 0 Å². The van der Waals surface area contributed by atoms with E-state index in [2.05, 4.69) is 15.3 Å². The number of benzene rings is 2. The normalized spacial score (nSPS) is 15.0. The zero-order chi connectivity index (χ0) is 27.0. The Morgan fingerprint density at radius 3 is 2.27 bits per heavy atom. The van der Waals surface area contributed by atoms with Crippen molar-refractivity contribution >= 4 is 29.2 Å². The molecule has 4 amide bonds. The second-order valence-corrected chi connectivity index (χ2v) is 8.58. The van der Waals surface area contributed by atoms with E-state index in [1.165, 1.54) is 37.2 Å². The van der Waals surface area contributed by atoms with Gasteiger partial charge >= 0.3 is 12.2 Å². The predicted molar refractivity (Wildman–Crippen MR) is 125 cm³/mol. The van der Waals surface area contributed by atoms with Crippen LogP contribution in [0.1, 0.15) is 41.2 Å². The van der Waals surface area contributed by atoms with Crippen LogP contribution in [0, 0.1) is 11.3 Å². The number of nitrogens with zero attached hydrogens (tertiary/aromatic N) is 5. The van der Waals surface area contributed by atoms with Gasteiger partial charge in [-0.2, -0.15) is 18.4 Å². The minimum absolute atomic E-state index is 0.0126. The molecule has 0 aliphatic carbocycles. The molecular weight excluding hydrogens is 489 g/mol. The number of urea groups is 1. The van der Waals surface area contributed by atoms with Crippen LogP contribution in [-0.4, -0.2) is 33.4 Å². The molecule has 0 radical (unpaired) electrons. The van der Waals surface area contributed by atoms with E-state index in [0.717, 1.165) is 12.1 Å². The third-order valence-electron chi connectivity index (χ3n) is 5.77. The molecule has 0 atom stereocenters. The summed E-state index contributed by atoms with van der Waals surface area (Å²) in [5, 5.41) is 11.7. The largest absolute Gasteiger partial charge is 0.417 e. The Morgan fingerprint density at radius 1 is 1.05 bits per heavy atom. The van der Waals surface area contributed by atoms with Gasteiger partial charge in [0.2, 0.25) is 5.82 Å². The first kappa shape index (κ1) is 25.3. The summed E-state index contributed by atoms with van der Waals surface area (Å²) in [6.07, 6.45) is -1.96. The minimum Gasteiger partial charge on any atom is -0.345 e. The first-order valence-electron chi connectivity index (χ1n) is 10.9. The van der Waals surface area contributed by atoms with Gasteiger partial charge in [0, 0.05) is 24.6 Å². The summed E-state index contributed by atoms with van der Waals surface area (Å²) < 4.78 is 40.4. The van der Waals surface area contributed by atoms with Crippen molar-refractivity contribution in [2.75, 3.05) is 9.80 Å². The minimum atomic E-state index is -4.85. The molecule has 1 N–H and O–H groups in total. The molecule has 4 rings (SSSR count). The quantitative estimate of drug-likeness (QED) is 0.520. The van der Waals surface area contributed by atoms with E-state index in [1.807, 2.05) is 0 Å². The second kappa shape index (κ2) is 9.34. The fraction of sp³-hybridized carbons (Fsp3) is 0.200. The highest BCUT2D eigenvalue weighted by Crippen LogP contribution is 2.39. The highest BCUT2D eigenvalue weighted by Gasteiger charge is 2.53. The Balaban J connectivity index is 1.57. The Hall–Kier alpha value is -4.79. The molecule has 0 unspecified atom stereocenters. The molecule has 1 aliphatic rings. The number of carbonyl (C=O) groups is 3. The van der Waals surface area contributed by atoms with E-state index < -0.39 is 40.7 Å². The van der Waals surface area contributed by atoms with Crippen molar-refractivity contribution in [3.05, 3.63) is 83.4 Å². The molecule has 1 aliphatic heterocycles. The summed E-state index contributed by atoms with van der Waals surface area (Å²) >= 11 is 0. The van der Waals surface area contributed by atoms with Crippen molar-refractivity contribution in [3.8, 4) is 6.07 Å². The number of halogens is 3. The summed E-state index contributed by atoms with van der Waals surface area (Å²) in [7, 11) is 0. The molecule has 188 valence electrons. The molecule has 12 heteroatoms. The Bertz CT molecular complexity index is 1420. The van der Waals surface area contributed by atoms with E-state index >= 15 is 0 Å². The number of imide groups is 1. The molecule has 0 spiro atoms. The van der Waals surface area contributed by atoms with Gasteiger partial charge in [0.05, 0.1) is 22.9 Å². The van der Waals surface area contributed by atoms with Gasteiger partial charge in [0.15, 0.2) is 0 Å². The highest BCUT2D eigenvalue weighted by molar-refractivity contribution is 6.30. The van der Waals surface area contributed by atoms with Gasteiger partial charge in [-0.15, -0.1) is 0 Å². The fourth-order valence-electron chi connectivity index (χ4n) is 3.90. The summed E-state index contributed by atoms with van der Waals surface area (Å²) in [5.74, 6) is -1.18. The van der Waals surface area contributed by atoms with Crippen LogP contribution in [0.4, 0.5) is 29.3 Å². The number of hydrogen-bond acceptors (Lipinski definition) is 6. The molecule has 37 heavy (non-hydrogen) atoms. The third-order valence-corrected chi connectivity index (χ3v) is 5.77. The average Bonchev–Trinajstić information content (AvgIpc) is 3.05. The monoisotopic (exact) mass is 508 g/mol. The van der Waals surface area contributed by atoms with Crippen molar-refractivity contribution < 1.29 is 27.6 Å². The van der Waals surface area contributed by atoms with Crippen LogP contribution in [0.2, 0.25) is 0 Å². The Labute approximate surface area is 209 Å². The van der Waals surface area contributed by atoms with Crippen molar-refractivity contribution in [3.63, 3.8) is 0 Å². The zero-order valence-electron chi connectivity index (χ0n) is 19.6. The van der Waals surface area contributed by atoms with Crippen LogP contribution in [-0.2, 0) is 17.5 Å². The topological polar surface area (TPSA) is 119 Å². The lowest BCUT2D eigenvalue weighted by molar-refractivity contribution is -0.137. The van der Waals surface area contributed by atoms with Crippen LogP contribution in [0.15, 0.2) is 60.9 Å². The maximum absolute atomic E-state index is 13.5. The molecule has 0 bridgehead atoms. The molecule has 0 saturated carbocycles. The SMILES string of the molecule is CC1(C)C(=O)N(c2ccc(C#N)c(C(F)(F)F)c2)C(=O)N1c1ccc(CNC(=O)c2ncccn2)cc1. The van der Waals surface area contributed by atoms with E-state index in [4.69, 9.17) is 5.26 Å². The van der Waals surface area contributed by atoms with Crippen molar-refractivity contribution in [1.29, 1.82) is 5.26 Å². The van der Waals surface area contributed by atoms with Gasteiger partial charge in [0.1, 0.15) is 5.54 Å². The van der Waals surface area contributed by atoms with E-state index in [1.54, 1.807) is 30.3 Å². The lowest BCUT2D eigenvalue weighted by Crippen LogP contribution is -2.44. The number of hydrogen-bond donors (Lipinski definition) is 1. The Kier molecular flexibility index (Phi) is 6.39. The lowest BCUT2D eigenvalue weighted by Gasteiger charge is -2.27. The predicted octanol–water partition coefficient (Wildman–Crippen LogP) is 4.05. The Morgan fingerprint density at radius 2 is 1.68 bits per heavy atom. The molecule has 1 fully saturated rings. The van der Waals surface area contributed by atoms with Gasteiger partial charge in [-0.05, 0) is 55.8 Å². The van der Waals surface area contributed by atoms with Crippen LogP contribution in [0.5, 0.6) is 0 Å². The molecule has 1 saturated heterocycles. The molecule has 2 aromatic carbocycles. The summed E-state index contributed by atoms with van der Waals surface area (Å²) in [6, 6.07) is 11.3. The number of rotatable bonds is 5. The van der Waals surface area contributed by atoms with Gasteiger partial charge in [-0.1, -0.05) is 12.1 Å². The average molecular weight is 508 g/mol. The van der Waals surface area contributed by atoms with Crippen molar-refractivity contribution in [2.45, 2.75) is 32.1 Å². The summed E-state index contributed by atoms with van der Waals surface area (Å²) in [5.41, 5.74) is -2.55. The van der Waals surface area contributed by atoms with E-state index in [9.17, 15) is 27.6 Å². The number of carbonyl (C=O) groups excluding carboxylic acids is 3. The van der Waals surface area contributed by atoms with Crippen LogP contribution in [0.3, 0.4) is 0 Å². The number of nitriles is 1. The highest BCUT2D eigenvalue weighted by atomic mass is 19.4. The first-order chi connectivity index (χ1) is 17.4. The first-order valence-corrected chi connectivity index (χ1v) is 10.9. The number of nitrogens with one attached hydrogen (secondary N) is 1. The van der Waals surface area contributed by atoms with Crippen molar-refractivity contribution in [1.82, 2.24) is 15.3 Å². The van der Waals surface area contributed by atoms with Crippen LogP contribution < -0.4 is 15.1 Å². The smallest absolute Gasteiger partial charge is 0.345 e. The standard InChI is InChI=1S/C25H19F3N6O3/c1-24(2)22(36)33(18-9-6-16(13-29)19(12-18)25(26,27)28)23(37)34(24)17-7-4-15(5-8-17)14-32-21(35)20-30-10-3-11-31-20/h3-12H,14H2,1-2H3,(H,32,35). The van der Waals surface area contributed by atoms with Gasteiger partial charge in [-0.25, -0.2) is 19.7 Å². The van der Waals surface area contributed by atoms with Gasteiger partial charge in [-0.3, -0.25) is 14.5 Å². The lowest BCUT2D eigenvalue weighted by atomic mass is 10.0. The van der Waals surface area contributed by atoms with E-state index in [0.29, 0.717) is 22.2 Å². The summed E-state index contributed by atoms with van der Waals surface area (Å²) in [6.45, 7) is 3.11. The third kappa shape index (κ3) is 4.71. The molecule has 9 nitrogen and oxygen atoms in total. The summed E-state index contributed by atoms with van der Waals surface area (Å²) in [4.78, 5) is 48.2. The second-order valence-electron chi connectivity index (χ2n) is 8.58. The van der Waals surface area contributed by atoms with Gasteiger partial charge in [0.25, 0.3) is 11.8 Å². The number of amides is 4. The molecule has 1 aromatic heterocycles.